The third kappa shape index (κ3) is 14.2. The quantitative estimate of drug-likeness (QED) is 0.104. The minimum Gasteiger partial charge on any atom is -0.481 e. The molecule has 0 saturated carbocycles. The summed E-state index contributed by atoms with van der Waals surface area (Å²) in [6.45, 7) is 10.7. The first-order valence-corrected chi connectivity index (χ1v) is 14.8. The molecule has 0 radical (unpaired) electrons. The van der Waals surface area contributed by atoms with Crippen LogP contribution in [-0.2, 0) is 23.9 Å². The van der Waals surface area contributed by atoms with Gasteiger partial charge in [0.1, 0.15) is 6.10 Å². The number of aliphatic carboxylic acids is 3. The maximum absolute atomic E-state index is 13.0. The van der Waals surface area contributed by atoms with Crippen molar-refractivity contribution in [2.75, 3.05) is 0 Å². The number of unbranched alkanes of at least 4 members (excludes halogenated alkanes) is 9. The Morgan fingerprint density at radius 2 is 1.18 bits per heavy atom. The number of nitrogens with one attached hydrogen (secondary N) is 1. The molecule has 1 rings (SSSR count). The number of ether oxygens (including phenoxy) is 1. The van der Waals surface area contributed by atoms with Crippen LogP contribution < -0.4 is 5.32 Å². The van der Waals surface area contributed by atoms with Crippen molar-refractivity contribution in [1.82, 2.24) is 5.32 Å². The van der Waals surface area contributed by atoms with Crippen molar-refractivity contribution in [3.8, 4) is 0 Å². The van der Waals surface area contributed by atoms with Crippen molar-refractivity contribution in [2.45, 2.75) is 148 Å². The molecule has 0 spiro atoms. The maximum Gasteiger partial charge on any atom is 0.307 e. The van der Waals surface area contributed by atoms with Crippen molar-refractivity contribution < 1.29 is 39.2 Å². The van der Waals surface area contributed by atoms with Crippen molar-refractivity contribution >= 4 is 23.9 Å². The zero-order valence-corrected chi connectivity index (χ0v) is 24.8. The molecule has 0 aliphatic carbocycles. The molecule has 226 valence electrons. The third-order valence-electron chi connectivity index (χ3n) is 7.77. The molecule has 9 nitrogen and oxygen atoms in total. The summed E-state index contributed by atoms with van der Waals surface area (Å²) in [7, 11) is 0. The van der Waals surface area contributed by atoms with E-state index in [-0.39, 0.29) is 17.0 Å². The summed E-state index contributed by atoms with van der Waals surface area (Å²) >= 11 is 0. The number of hydrogen-bond donors (Lipinski definition) is 4. The molecule has 3 unspecified atom stereocenters. The molecule has 0 amide bonds. The zero-order valence-electron chi connectivity index (χ0n) is 24.8. The highest BCUT2D eigenvalue weighted by atomic mass is 16.5. The topological polar surface area (TPSA) is 150 Å². The Morgan fingerprint density at radius 1 is 0.744 bits per heavy atom. The summed E-state index contributed by atoms with van der Waals surface area (Å²) in [4.78, 5) is 47.5. The number of esters is 1. The second-order valence-electron chi connectivity index (χ2n) is 12.8. The van der Waals surface area contributed by atoms with Crippen LogP contribution in [0.15, 0.2) is 0 Å². The molecule has 1 heterocycles. The van der Waals surface area contributed by atoms with Gasteiger partial charge < -0.3 is 25.4 Å². The Kier molecular flexibility index (Phi) is 15.0. The van der Waals surface area contributed by atoms with Crippen LogP contribution in [0.4, 0.5) is 0 Å². The normalized spacial score (nSPS) is 19.1. The largest absolute Gasteiger partial charge is 0.481 e. The minimum atomic E-state index is -1.72. The monoisotopic (exact) mass is 555 g/mol. The van der Waals surface area contributed by atoms with Gasteiger partial charge in [-0.2, -0.15) is 0 Å². The van der Waals surface area contributed by atoms with Gasteiger partial charge in [0.15, 0.2) is 0 Å². The van der Waals surface area contributed by atoms with Gasteiger partial charge in [0, 0.05) is 11.1 Å². The third-order valence-corrected chi connectivity index (χ3v) is 7.77. The van der Waals surface area contributed by atoms with Gasteiger partial charge in [-0.15, -0.1) is 0 Å². The highest BCUT2D eigenvalue weighted by Crippen LogP contribution is 2.37. The molecular formula is C30H53NO8. The van der Waals surface area contributed by atoms with Crippen LogP contribution in [0.3, 0.4) is 0 Å². The fourth-order valence-electron chi connectivity index (χ4n) is 6.28. The molecule has 3 atom stereocenters. The van der Waals surface area contributed by atoms with E-state index in [0.717, 1.165) is 32.1 Å². The van der Waals surface area contributed by atoms with Crippen molar-refractivity contribution in [1.29, 1.82) is 0 Å². The van der Waals surface area contributed by atoms with Gasteiger partial charge in [-0.3, -0.25) is 19.2 Å². The molecule has 1 fully saturated rings. The summed E-state index contributed by atoms with van der Waals surface area (Å²) in [6.07, 6.45) is 12.1. The summed E-state index contributed by atoms with van der Waals surface area (Å²) in [5, 5.41) is 31.7. The summed E-state index contributed by atoms with van der Waals surface area (Å²) in [6, 6.07) is 0. The van der Waals surface area contributed by atoms with Gasteiger partial charge in [-0.05, 0) is 59.3 Å². The molecule has 0 bridgehead atoms. The molecule has 39 heavy (non-hydrogen) atoms. The number of piperidine rings is 1. The molecule has 0 aromatic heterocycles. The number of rotatable bonds is 20. The molecule has 0 aromatic rings. The molecule has 1 saturated heterocycles. The first kappa shape index (κ1) is 34.9. The maximum atomic E-state index is 13.0. The van der Waals surface area contributed by atoms with E-state index in [2.05, 4.69) is 39.9 Å². The molecule has 9 heteroatoms. The van der Waals surface area contributed by atoms with E-state index in [1.165, 1.54) is 44.9 Å². The van der Waals surface area contributed by atoms with E-state index in [9.17, 15) is 29.4 Å². The Balaban J connectivity index is 2.84. The lowest BCUT2D eigenvalue weighted by Crippen LogP contribution is -2.59. The SMILES string of the molecule is CCCCCCCCCCCCC(OC(=O)CC(C(=O)O)C(CC(=O)O)C(=O)O)C1CC(C)(C)NC(C)(C)C1. The standard InChI is InChI=1S/C30H53NO8/c1-6-7-8-9-10-11-12-13-14-15-16-24(21-19-29(2,3)31-30(4,5)20-21)39-26(34)18-23(28(37)38)22(27(35)36)17-25(32)33/h21-24,31H,6-20H2,1-5H3,(H,32,33)(H,35,36)(H,37,38). The Morgan fingerprint density at radius 3 is 1.62 bits per heavy atom. The van der Waals surface area contributed by atoms with Crippen LogP contribution in [0.25, 0.3) is 0 Å². The Labute approximate surface area is 234 Å². The lowest BCUT2D eigenvalue weighted by Gasteiger charge is -2.48. The van der Waals surface area contributed by atoms with E-state index >= 15 is 0 Å². The molecule has 4 N–H and O–H groups in total. The lowest BCUT2D eigenvalue weighted by atomic mass is 9.73. The molecule has 1 aliphatic heterocycles. The molecule has 1 aliphatic rings. The average molecular weight is 556 g/mol. The summed E-state index contributed by atoms with van der Waals surface area (Å²) < 4.78 is 5.90. The van der Waals surface area contributed by atoms with Crippen LogP contribution in [-0.4, -0.2) is 56.4 Å². The number of carboxylic acids is 3. The van der Waals surface area contributed by atoms with Crippen LogP contribution in [0.1, 0.15) is 131 Å². The first-order valence-electron chi connectivity index (χ1n) is 14.8. The van der Waals surface area contributed by atoms with Gasteiger partial charge in [0.25, 0.3) is 0 Å². The fourth-order valence-corrected chi connectivity index (χ4v) is 6.28. The van der Waals surface area contributed by atoms with Crippen molar-refractivity contribution in [3.05, 3.63) is 0 Å². The Bertz CT molecular complexity index is 778. The van der Waals surface area contributed by atoms with Gasteiger partial charge in [0.2, 0.25) is 0 Å². The smallest absolute Gasteiger partial charge is 0.307 e. The van der Waals surface area contributed by atoms with Gasteiger partial charge in [-0.25, -0.2) is 0 Å². The van der Waals surface area contributed by atoms with E-state index < -0.39 is 54.7 Å². The van der Waals surface area contributed by atoms with Gasteiger partial charge in [-0.1, -0.05) is 64.7 Å². The predicted molar refractivity (Wildman–Crippen MR) is 149 cm³/mol. The van der Waals surface area contributed by atoms with Crippen LogP contribution in [0.2, 0.25) is 0 Å². The first-order chi connectivity index (χ1) is 18.2. The van der Waals surface area contributed by atoms with E-state index in [1.807, 2.05) is 0 Å². The van der Waals surface area contributed by atoms with Crippen LogP contribution >= 0.6 is 0 Å². The van der Waals surface area contributed by atoms with Crippen molar-refractivity contribution in [3.63, 3.8) is 0 Å². The van der Waals surface area contributed by atoms with E-state index in [1.54, 1.807) is 0 Å². The number of carboxylic acid groups (broad SMARTS) is 3. The number of carbonyl (C=O) groups is 4. The molecular weight excluding hydrogens is 502 g/mol. The fraction of sp³-hybridized carbons (Fsp3) is 0.867. The predicted octanol–water partition coefficient (Wildman–Crippen LogP) is 6.03. The highest BCUT2D eigenvalue weighted by molar-refractivity contribution is 5.86. The number of carbonyl (C=O) groups excluding carboxylic acids is 1. The van der Waals surface area contributed by atoms with E-state index in [0.29, 0.717) is 6.42 Å². The second kappa shape index (κ2) is 16.8. The van der Waals surface area contributed by atoms with Crippen LogP contribution in [0.5, 0.6) is 0 Å². The van der Waals surface area contributed by atoms with Crippen LogP contribution in [0, 0.1) is 17.8 Å². The van der Waals surface area contributed by atoms with E-state index in [4.69, 9.17) is 9.84 Å². The lowest BCUT2D eigenvalue weighted by molar-refractivity contribution is -0.165. The highest BCUT2D eigenvalue weighted by Gasteiger charge is 2.43. The second-order valence-corrected chi connectivity index (χ2v) is 12.8. The number of hydrogen-bond acceptors (Lipinski definition) is 6. The van der Waals surface area contributed by atoms with Crippen molar-refractivity contribution in [2.24, 2.45) is 17.8 Å². The molecule has 0 aromatic carbocycles. The van der Waals surface area contributed by atoms with Gasteiger partial charge >= 0.3 is 23.9 Å². The minimum absolute atomic E-state index is 0.0660. The zero-order chi connectivity index (χ0) is 29.6. The Hall–Kier alpha value is -2.16. The average Bonchev–Trinajstić information content (AvgIpc) is 2.79. The summed E-state index contributed by atoms with van der Waals surface area (Å²) in [5.41, 5.74) is -0.345. The van der Waals surface area contributed by atoms with Gasteiger partial charge in [0.05, 0.1) is 24.7 Å². The summed E-state index contributed by atoms with van der Waals surface area (Å²) in [5.74, 6) is -8.62.